The summed E-state index contributed by atoms with van der Waals surface area (Å²) in [5, 5.41) is 11.5. The van der Waals surface area contributed by atoms with Crippen molar-refractivity contribution >= 4 is 11.4 Å². The van der Waals surface area contributed by atoms with Crippen LogP contribution in [0.4, 0.5) is 0 Å². The maximum Gasteiger partial charge on any atom is 0.253 e. The van der Waals surface area contributed by atoms with Gasteiger partial charge in [0.25, 0.3) is 5.91 Å². The predicted molar refractivity (Wildman–Crippen MR) is 69.2 cm³/mol. The zero-order valence-electron chi connectivity index (χ0n) is 10.3. The average molecular weight is 241 g/mol. The maximum atomic E-state index is 12.0. The molecule has 2 aromatic rings. The normalized spacial score (nSPS) is 12.0. The van der Waals surface area contributed by atoms with Crippen LogP contribution in [-0.4, -0.2) is 16.3 Å². The molecular weight excluding hydrogens is 226 g/mol. The van der Waals surface area contributed by atoms with Crippen LogP contribution in [0.3, 0.4) is 0 Å². The highest BCUT2D eigenvalue weighted by molar-refractivity contribution is 5.95. The number of aromatic nitrogens is 1. The molecule has 0 aromatic carbocycles. The lowest BCUT2D eigenvalue weighted by Crippen LogP contribution is -2.33. The van der Waals surface area contributed by atoms with Gasteiger partial charge in [0.2, 0.25) is 0 Å². The van der Waals surface area contributed by atoms with Crippen molar-refractivity contribution in [3.8, 4) is 6.07 Å². The summed E-state index contributed by atoms with van der Waals surface area (Å²) < 4.78 is 1.90. The summed E-state index contributed by atoms with van der Waals surface area (Å²) >= 11 is 0. The lowest BCUT2D eigenvalue weighted by atomic mass is 10.1. The Bertz CT molecular complexity index is 561. The summed E-state index contributed by atoms with van der Waals surface area (Å²) in [6.45, 7) is 1.96. The van der Waals surface area contributed by atoms with Crippen LogP contribution in [0.5, 0.6) is 0 Å². The SMILES string of the molecule is CCC(CC#N)NC(=O)c1cc2ccccn2c1. The minimum atomic E-state index is -0.124. The number of carbonyl (C=O) groups is 1. The van der Waals surface area contributed by atoms with E-state index in [-0.39, 0.29) is 11.9 Å². The van der Waals surface area contributed by atoms with E-state index in [2.05, 4.69) is 11.4 Å². The van der Waals surface area contributed by atoms with Crippen LogP contribution in [0.1, 0.15) is 30.1 Å². The first kappa shape index (κ1) is 12.2. The minimum absolute atomic E-state index is 0.0782. The van der Waals surface area contributed by atoms with Gasteiger partial charge in [0.15, 0.2) is 0 Å². The van der Waals surface area contributed by atoms with E-state index in [1.54, 1.807) is 6.20 Å². The third kappa shape index (κ3) is 2.51. The van der Waals surface area contributed by atoms with Gasteiger partial charge in [-0.15, -0.1) is 0 Å². The molecule has 0 aliphatic carbocycles. The molecule has 0 aliphatic rings. The van der Waals surface area contributed by atoms with Gasteiger partial charge in [-0.1, -0.05) is 13.0 Å². The number of nitriles is 1. The van der Waals surface area contributed by atoms with E-state index in [0.717, 1.165) is 11.9 Å². The second-order valence-corrected chi connectivity index (χ2v) is 4.20. The smallest absolute Gasteiger partial charge is 0.253 e. The lowest BCUT2D eigenvalue weighted by Gasteiger charge is -2.12. The van der Waals surface area contributed by atoms with Crippen LogP contribution in [0, 0.1) is 11.3 Å². The largest absolute Gasteiger partial charge is 0.348 e. The number of rotatable bonds is 4. The molecule has 1 atom stereocenters. The van der Waals surface area contributed by atoms with Crippen LogP contribution in [0.15, 0.2) is 36.7 Å². The fourth-order valence-corrected chi connectivity index (χ4v) is 1.86. The summed E-state index contributed by atoms with van der Waals surface area (Å²) in [5.41, 5.74) is 1.61. The van der Waals surface area contributed by atoms with Gasteiger partial charge in [-0.3, -0.25) is 4.79 Å². The zero-order chi connectivity index (χ0) is 13.0. The molecule has 0 spiro atoms. The molecule has 0 fully saturated rings. The second kappa shape index (κ2) is 5.37. The molecule has 18 heavy (non-hydrogen) atoms. The molecule has 1 amide bonds. The molecule has 0 radical (unpaired) electrons. The highest BCUT2D eigenvalue weighted by atomic mass is 16.1. The van der Waals surface area contributed by atoms with Crippen molar-refractivity contribution in [1.82, 2.24) is 9.72 Å². The molecule has 2 rings (SSSR count). The highest BCUT2D eigenvalue weighted by Crippen LogP contribution is 2.10. The molecule has 0 saturated heterocycles. The third-order valence-corrected chi connectivity index (χ3v) is 2.93. The van der Waals surface area contributed by atoms with E-state index < -0.39 is 0 Å². The molecule has 1 N–H and O–H groups in total. The Morgan fingerprint density at radius 2 is 2.39 bits per heavy atom. The summed E-state index contributed by atoms with van der Waals surface area (Å²) in [6, 6.07) is 9.64. The fraction of sp³-hybridized carbons (Fsp3) is 0.286. The molecule has 4 nitrogen and oxygen atoms in total. The van der Waals surface area contributed by atoms with Crippen molar-refractivity contribution in [2.24, 2.45) is 0 Å². The lowest BCUT2D eigenvalue weighted by molar-refractivity contribution is 0.0937. The van der Waals surface area contributed by atoms with Gasteiger partial charge in [-0.05, 0) is 24.6 Å². The van der Waals surface area contributed by atoms with Crippen LogP contribution < -0.4 is 5.32 Å². The Balaban J connectivity index is 2.16. The Labute approximate surface area is 106 Å². The van der Waals surface area contributed by atoms with Crippen LogP contribution >= 0.6 is 0 Å². The van der Waals surface area contributed by atoms with Crippen molar-refractivity contribution in [3.05, 3.63) is 42.2 Å². The molecule has 0 aliphatic heterocycles. The minimum Gasteiger partial charge on any atom is -0.348 e. The van der Waals surface area contributed by atoms with Crippen molar-refractivity contribution < 1.29 is 4.79 Å². The van der Waals surface area contributed by atoms with Gasteiger partial charge >= 0.3 is 0 Å². The number of hydrogen-bond donors (Lipinski definition) is 1. The maximum absolute atomic E-state index is 12.0. The molecule has 4 heteroatoms. The van der Waals surface area contributed by atoms with Crippen molar-refractivity contribution in [3.63, 3.8) is 0 Å². The third-order valence-electron chi connectivity index (χ3n) is 2.93. The first-order valence-electron chi connectivity index (χ1n) is 5.99. The van der Waals surface area contributed by atoms with E-state index >= 15 is 0 Å². The Morgan fingerprint density at radius 1 is 1.56 bits per heavy atom. The molecule has 0 saturated carbocycles. The highest BCUT2D eigenvalue weighted by Gasteiger charge is 2.13. The predicted octanol–water partition coefficient (Wildman–Crippen LogP) is 2.36. The summed E-state index contributed by atoms with van der Waals surface area (Å²) in [6.07, 6.45) is 4.80. The second-order valence-electron chi connectivity index (χ2n) is 4.20. The van der Waals surface area contributed by atoms with Gasteiger partial charge in [0.1, 0.15) is 0 Å². The fourth-order valence-electron chi connectivity index (χ4n) is 1.86. The number of nitrogens with one attached hydrogen (secondary N) is 1. The van der Waals surface area contributed by atoms with E-state index in [9.17, 15) is 4.79 Å². The number of amides is 1. The van der Waals surface area contributed by atoms with Gasteiger partial charge in [0, 0.05) is 24.0 Å². The standard InChI is InChI=1S/C14H15N3O/c1-2-12(6-7-15)16-14(18)11-9-13-5-3-4-8-17(13)10-11/h3-5,8-10,12H,2,6H2,1H3,(H,16,18). The van der Waals surface area contributed by atoms with Crippen LogP contribution in [0.2, 0.25) is 0 Å². The summed E-state index contributed by atoms with van der Waals surface area (Å²) in [5.74, 6) is -0.124. The van der Waals surface area contributed by atoms with E-state index in [1.807, 2.05) is 41.8 Å². The summed E-state index contributed by atoms with van der Waals surface area (Å²) in [4.78, 5) is 12.0. The molecule has 1 unspecified atom stereocenters. The van der Waals surface area contributed by atoms with Gasteiger partial charge in [-0.25, -0.2) is 0 Å². The molecule has 92 valence electrons. The van der Waals surface area contributed by atoms with Crippen molar-refractivity contribution in [2.75, 3.05) is 0 Å². The first-order chi connectivity index (χ1) is 8.74. The number of fused-ring (bicyclic) bond motifs is 1. The molecular formula is C14H15N3O. The van der Waals surface area contributed by atoms with Gasteiger partial charge in [0.05, 0.1) is 18.1 Å². The number of pyridine rings is 1. The molecule has 2 heterocycles. The molecule has 0 bridgehead atoms. The van der Waals surface area contributed by atoms with E-state index in [1.165, 1.54) is 0 Å². The quantitative estimate of drug-likeness (QED) is 0.893. The van der Waals surface area contributed by atoms with Crippen LogP contribution in [0.25, 0.3) is 5.52 Å². The van der Waals surface area contributed by atoms with Gasteiger partial charge < -0.3 is 9.72 Å². The van der Waals surface area contributed by atoms with E-state index in [4.69, 9.17) is 5.26 Å². The Kier molecular flexibility index (Phi) is 3.63. The van der Waals surface area contributed by atoms with Crippen LogP contribution in [-0.2, 0) is 0 Å². The number of hydrogen-bond acceptors (Lipinski definition) is 2. The zero-order valence-corrected chi connectivity index (χ0v) is 10.3. The molecule has 2 aromatic heterocycles. The van der Waals surface area contributed by atoms with Crippen molar-refractivity contribution in [2.45, 2.75) is 25.8 Å². The Morgan fingerprint density at radius 3 is 3.06 bits per heavy atom. The topological polar surface area (TPSA) is 57.3 Å². The van der Waals surface area contributed by atoms with Gasteiger partial charge in [-0.2, -0.15) is 5.26 Å². The van der Waals surface area contributed by atoms with Crippen molar-refractivity contribution in [1.29, 1.82) is 5.26 Å². The van der Waals surface area contributed by atoms with E-state index in [0.29, 0.717) is 12.0 Å². The number of nitrogens with zero attached hydrogens (tertiary/aromatic N) is 2. The first-order valence-corrected chi connectivity index (χ1v) is 5.99. The average Bonchev–Trinajstić information content (AvgIpc) is 2.82. The number of carbonyl (C=O) groups excluding carboxylic acids is 1. The monoisotopic (exact) mass is 241 g/mol. The Hall–Kier alpha value is -2.28. The summed E-state index contributed by atoms with van der Waals surface area (Å²) in [7, 11) is 0.